The lowest BCUT2D eigenvalue weighted by Gasteiger charge is -2.10. The van der Waals surface area contributed by atoms with Gasteiger partial charge in [0, 0.05) is 5.41 Å². The Balaban J connectivity index is 2.21. The van der Waals surface area contributed by atoms with E-state index < -0.39 is 0 Å². The summed E-state index contributed by atoms with van der Waals surface area (Å²) in [6, 6.07) is 0. The number of H-pyrrole nitrogens is 1. The standard InChI is InChI=1S/C9H13N5O2/c1-9(2,3)7-12-6(16-13-7)4-14-8(15)10-5-11-14/h5H,4H2,1-3H3,(H,10,11,15). The van der Waals surface area contributed by atoms with Crippen LogP contribution in [0.25, 0.3) is 0 Å². The van der Waals surface area contributed by atoms with Crippen molar-refractivity contribution < 1.29 is 4.52 Å². The summed E-state index contributed by atoms with van der Waals surface area (Å²) >= 11 is 0. The van der Waals surface area contributed by atoms with Gasteiger partial charge in [-0.2, -0.15) is 10.1 Å². The summed E-state index contributed by atoms with van der Waals surface area (Å²) in [5, 5.41) is 7.66. The summed E-state index contributed by atoms with van der Waals surface area (Å²) in [5.74, 6) is 0.991. The van der Waals surface area contributed by atoms with Crippen molar-refractivity contribution in [2.24, 2.45) is 0 Å². The first-order valence-corrected chi connectivity index (χ1v) is 4.90. The molecular weight excluding hydrogens is 210 g/mol. The first-order chi connectivity index (χ1) is 7.47. The van der Waals surface area contributed by atoms with Crippen molar-refractivity contribution >= 4 is 0 Å². The average Bonchev–Trinajstić information content (AvgIpc) is 2.76. The third-order valence-electron chi connectivity index (χ3n) is 2.04. The second kappa shape index (κ2) is 3.58. The number of aromatic nitrogens is 5. The molecule has 0 saturated heterocycles. The van der Waals surface area contributed by atoms with E-state index in [1.165, 1.54) is 11.0 Å². The first kappa shape index (κ1) is 10.6. The van der Waals surface area contributed by atoms with Crippen LogP contribution in [-0.4, -0.2) is 24.9 Å². The van der Waals surface area contributed by atoms with E-state index >= 15 is 0 Å². The van der Waals surface area contributed by atoms with Crippen molar-refractivity contribution in [1.82, 2.24) is 24.9 Å². The molecule has 1 N–H and O–H groups in total. The molecule has 7 heteroatoms. The molecule has 0 atom stereocenters. The van der Waals surface area contributed by atoms with Gasteiger partial charge in [0.15, 0.2) is 5.82 Å². The molecule has 0 saturated carbocycles. The molecule has 0 bridgehead atoms. The van der Waals surface area contributed by atoms with Gasteiger partial charge in [0.25, 0.3) is 0 Å². The van der Waals surface area contributed by atoms with E-state index in [-0.39, 0.29) is 17.6 Å². The molecule has 0 aliphatic heterocycles. The van der Waals surface area contributed by atoms with Crippen molar-refractivity contribution in [2.45, 2.75) is 32.7 Å². The van der Waals surface area contributed by atoms with Crippen LogP contribution in [0.2, 0.25) is 0 Å². The van der Waals surface area contributed by atoms with E-state index in [9.17, 15) is 4.79 Å². The molecule has 0 amide bonds. The Labute approximate surface area is 91.5 Å². The van der Waals surface area contributed by atoms with Crippen LogP contribution in [0.15, 0.2) is 15.6 Å². The summed E-state index contributed by atoms with van der Waals surface area (Å²) in [4.78, 5) is 17.8. The van der Waals surface area contributed by atoms with Crippen LogP contribution in [0.4, 0.5) is 0 Å². The van der Waals surface area contributed by atoms with E-state index in [1.807, 2.05) is 20.8 Å². The molecule has 86 valence electrons. The third kappa shape index (κ3) is 2.02. The maximum absolute atomic E-state index is 11.2. The molecule has 0 aliphatic rings. The maximum Gasteiger partial charge on any atom is 0.343 e. The van der Waals surface area contributed by atoms with Crippen LogP contribution >= 0.6 is 0 Å². The fourth-order valence-corrected chi connectivity index (χ4v) is 1.15. The lowest BCUT2D eigenvalue weighted by Crippen LogP contribution is -2.19. The van der Waals surface area contributed by atoms with Crippen molar-refractivity contribution in [3.63, 3.8) is 0 Å². The minimum atomic E-state index is -0.296. The number of nitrogens with one attached hydrogen (secondary N) is 1. The molecule has 2 heterocycles. The Morgan fingerprint density at radius 3 is 2.75 bits per heavy atom. The Morgan fingerprint density at radius 1 is 1.50 bits per heavy atom. The zero-order valence-electron chi connectivity index (χ0n) is 9.39. The van der Waals surface area contributed by atoms with Gasteiger partial charge in [-0.05, 0) is 0 Å². The summed E-state index contributed by atoms with van der Waals surface area (Å²) < 4.78 is 6.27. The molecule has 0 spiro atoms. The fourth-order valence-electron chi connectivity index (χ4n) is 1.15. The van der Waals surface area contributed by atoms with Gasteiger partial charge in [0.05, 0.1) is 0 Å². The van der Waals surface area contributed by atoms with Gasteiger partial charge >= 0.3 is 5.69 Å². The van der Waals surface area contributed by atoms with Gasteiger partial charge in [0.1, 0.15) is 12.9 Å². The van der Waals surface area contributed by atoms with Crippen LogP contribution in [0.3, 0.4) is 0 Å². The normalized spacial score (nSPS) is 11.9. The maximum atomic E-state index is 11.2. The molecule has 16 heavy (non-hydrogen) atoms. The monoisotopic (exact) mass is 223 g/mol. The highest BCUT2D eigenvalue weighted by Gasteiger charge is 2.21. The van der Waals surface area contributed by atoms with Crippen molar-refractivity contribution in [2.75, 3.05) is 0 Å². The molecule has 7 nitrogen and oxygen atoms in total. The predicted molar refractivity (Wildman–Crippen MR) is 54.9 cm³/mol. The largest absolute Gasteiger partial charge is 0.343 e. The molecule has 0 fully saturated rings. The number of rotatable bonds is 2. The van der Waals surface area contributed by atoms with Gasteiger partial charge in [-0.25, -0.2) is 9.48 Å². The second-order valence-corrected chi connectivity index (χ2v) is 4.51. The molecular formula is C9H13N5O2. The van der Waals surface area contributed by atoms with Crippen LogP contribution in [0.1, 0.15) is 32.5 Å². The van der Waals surface area contributed by atoms with Gasteiger partial charge in [-0.3, -0.25) is 4.98 Å². The highest BCUT2D eigenvalue weighted by atomic mass is 16.5. The Morgan fingerprint density at radius 2 is 2.25 bits per heavy atom. The zero-order chi connectivity index (χ0) is 11.8. The SMILES string of the molecule is CC(C)(C)c1noc(Cn2nc[nH]c2=O)n1. The Kier molecular flexibility index (Phi) is 2.37. The number of hydrogen-bond acceptors (Lipinski definition) is 5. The van der Waals surface area contributed by atoms with E-state index in [4.69, 9.17) is 4.52 Å². The Bertz CT molecular complexity index is 530. The second-order valence-electron chi connectivity index (χ2n) is 4.51. The summed E-state index contributed by atoms with van der Waals surface area (Å²) in [7, 11) is 0. The predicted octanol–water partition coefficient (Wildman–Crippen LogP) is 0.300. The van der Waals surface area contributed by atoms with E-state index in [0.29, 0.717) is 11.7 Å². The van der Waals surface area contributed by atoms with Gasteiger partial charge in [-0.15, -0.1) is 0 Å². The zero-order valence-corrected chi connectivity index (χ0v) is 9.39. The van der Waals surface area contributed by atoms with Crippen molar-refractivity contribution in [1.29, 1.82) is 0 Å². The van der Waals surface area contributed by atoms with Gasteiger partial charge < -0.3 is 4.52 Å². The highest BCUT2D eigenvalue weighted by Crippen LogP contribution is 2.18. The lowest BCUT2D eigenvalue weighted by molar-refractivity contribution is 0.351. The summed E-state index contributed by atoms with van der Waals surface area (Å²) in [6.07, 6.45) is 1.32. The first-order valence-electron chi connectivity index (χ1n) is 4.90. The molecule has 0 unspecified atom stereocenters. The highest BCUT2D eigenvalue weighted by molar-refractivity contribution is 4.99. The molecule has 0 radical (unpaired) electrons. The quantitative estimate of drug-likeness (QED) is 0.790. The summed E-state index contributed by atoms with van der Waals surface area (Å²) in [5.41, 5.74) is -0.464. The van der Waals surface area contributed by atoms with Gasteiger partial charge in [0.2, 0.25) is 5.89 Å². The molecule has 0 aliphatic carbocycles. The van der Waals surface area contributed by atoms with Gasteiger partial charge in [-0.1, -0.05) is 25.9 Å². The van der Waals surface area contributed by atoms with Crippen molar-refractivity contribution in [3.05, 3.63) is 28.5 Å². The van der Waals surface area contributed by atoms with Crippen LogP contribution in [0, 0.1) is 0 Å². The number of nitrogens with zero attached hydrogens (tertiary/aromatic N) is 4. The lowest BCUT2D eigenvalue weighted by atomic mass is 9.96. The fraction of sp³-hybridized carbons (Fsp3) is 0.556. The van der Waals surface area contributed by atoms with Crippen LogP contribution in [-0.2, 0) is 12.0 Å². The number of aromatic amines is 1. The van der Waals surface area contributed by atoms with Crippen LogP contribution in [0.5, 0.6) is 0 Å². The molecule has 2 aromatic heterocycles. The van der Waals surface area contributed by atoms with E-state index in [1.54, 1.807) is 0 Å². The summed E-state index contributed by atoms with van der Waals surface area (Å²) in [6.45, 7) is 6.15. The third-order valence-corrected chi connectivity index (χ3v) is 2.04. The topological polar surface area (TPSA) is 89.6 Å². The van der Waals surface area contributed by atoms with E-state index in [0.717, 1.165) is 0 Å². The molecule has 2 rings (SSSR count). The average molecular weight is 223 g/mol. The minimum absolute atomic E-state index is 0.168. The smallest absolute Gasteiger partial charge is 0.337 e. The Hall–Kier alpha value is -1.92. The molecule has 0 aromatic carbocycles. The molecule has 2 aromatic rings. The number of hydrogen-bond donors (Lipinski definition) is 1. The van der Waals surface area contributed by atoms with Crippen molar-refractivity contribution in [3.8, 4) is 0 Å². The minimum Gasteiger partial charge on any atom is -0.337 e. The van der Waals surface area contributed by atoms with E-state index in [2.05, 4.69) is 20.2 Å². The van der Waals surface area contributed by atoms with Crippen LogP contribution < -0.4 is 5.69 Å².